The van der Waals surface area contributed by atoms with Gasteiger partial charge in [0.1, 0.15) is 10.8 Å². The van der Waals surface area contributed by atoms with Crippen molar-refractivity contribution in [2.24, 2.45) is 5.92 Å². The van der Waals surface area contributed by atoms with Gasteiger partial charge in [0.2, 0.25) is 6.79 Å². The van der Waals surface area contributed by atoms with Crippen LogP contribution in [-0.4, -0.2) is 42.3 Å². The van der Waals surface area contributed by atoms with E-state index in [0.717, 1.165) is 58.6 Å². The number of benzene rings is 2. The van der Waals surface area contributed by atoms with Crippen molar-refractivity contribution in [2.45, 2.75) is 32.9 Å². The van der Waals surface area contributed by atoms with Crippen LogP contribution in [0.25, 0.3) is 11.1 Å². The van der Waals surface area contributed by atoms with Crippen molar-refractivity contribution < 1.29 is 19.0 Å². The number of nitrogens with zero attached hydrogens (tertiary/aromatic N) is 2. The van der Waals surface area contributed by atoms with Crippen LogP contribution < -0.4 is 19.5 Å². The summed E-state index contributed by atoms with van der Waals surface area (Å²) < 4.78 is 17.0. The Balaban J connectivity index is 1.32. The number of likely N-dealkylation sites (tertiary alicyclic amines) is 1. The van der Waals surface area contributed by atoms with E-state index in [-0.39, 0.29) is 19.3 Å². The lowest BCUT2D eigenvalue weighted by Gasteiger charge is -2.31. The molecule has 3 heterocycles. The number of nitrogens with one attached hydrogen (secondary N) is 1. The van der Waals surface area contributed by atoms with E-state index >= 15 is 0 Å². The predicted molar refractivity (Wildman–Crippen MR) is 131 cm³/mol. The summed E-state index contributed by atoms with van der Waals surface area (Å²) in [6, 6.07) is 12.2. The molecule has 1 fully saturated rings. The van der Waals surface area contributed by atoms with Gasteiger partial charge in [-0.15, -0.1) is 11.3 Å². The van der Waals surface area contributed by atoms with Crippen molar-refractivity contribution in [3.05, 3.63) is 58.5 Å². The molecule has 178 valence electrons. The van der Waals surface area contributed by atoms with Gasteiger partial charge in [0.05, 0.1) is 6.54 Å². The van der Waals surface area contributed by atoms with Crippen LogP contribution in [0.3, 0.4) is 0 Å². The average Bonchev–Trinajstić information content (AvgIpc) is 3.53. The van der Waals surface area contributed by atoms with E-state index in [9.17, 15) is 4.79 Å². The summed E-state index contributed by atoms with van der Waals surface area (Å²) in [6.07, 6.45) is 4.22. The van der Waals surface area contributed by atoms with Crippen LogP contribution in [0, 0.1) is 5.92 Å². The van der Waals surface area contributed by atoms with Crippen molar-refractivity contribution in [3.63, 3.8) is 0 Å². The van der Waals surface area contributed by atoms with E-state index in [2.05, 4.69) is 28.2 Å². The minimum absolute atomic E-state index is 0.0296. The first-order valence-corrected chi connectivity index (χ1v) is 12.5. The normalized spacial score (nSPS) is 17.5. The maximum atomic E-state index is 12.4. The molecule has 0 saturated carbocycles. The number of thiazole rings is 1. The van der Waals surface area contributed by atoms with Gasteiger partial charge in [-0.2, -0.15) is 0 Å². The Bertz CT molecular complexity index is 1140. The number of fused-ring (bicyclic) bond motifs is 1. The zero-order chi connectivity index (χ0) is 23.3. The third-order valence-electron chi connectivity index (χ3n) is 6.18. The zero-order valence-corrected chi connectivity index (χ0v) is 20.1. The number of ether oxygens (including phenoxy) is 3. The second-order valence-corrected chi connectivity index (χ2v) is 9.84. The number of amides is 1. The molecule has 2 aliphatic rings. The van der Waals surface area contributed by atoms with Gasteiger partial charge in [-0.05, 0) is 60.7 Å². The Kier molecular flexibility index (Phi) is 6.97. The SMILES string of the molecule is C[C@@H]1CCCN(Cc2cc(-c3ccc4c(c3)OCO4)ccc2OCC(=O)NCc2nccs2)C1. The topological polar surface area (TPSA) is 72.9 Å². The molecule has 0 unspecified atom stereocenters. The smallest absolute Gasteiger partial charge is 0.258 e. The van der Waals surface area contributed by atoms with E-state index in [0.29, 0.717) is 12.5 Å². The van der Waals surface area contributed by atoms with Gasteiger partial charge < -0.3 is 19.5 Å². The van der Waals surface area contributed by atoms with E-state index in [1.807, 2.05) is 35.7 Å². The van der Waals surface area contributed by atoms with Crippen LogP contribution in [0.5, 0.6) is 17.2 Å². The van der Waals surface area contributed by atoms with E-state index < -0.39 is 0 Å². The number of carbonyl (C=O) groups is 1. The third-order valence-corrected chi connectivity index (χ3v) is 6.96. The molecule has 8 heteroatoms. The van der Waals surface area contributed by atoms with Crippen molar-refractivity contribution in [3.8, 4) is 28.4 Å². The minimum atomic E-state index is -0.160. The van der Waals surface area contributed by atoms with Gasteiger partial charge in [-0.25, -0.2) is 4.98 Å². The van der Waals surface area contributed by atoms with E-state index in [1.54, 1.807) is 6.20 Å². The summed E-state index contributed by atoms with van der Waals surface area (Å²) >= 11 is 1.52. The van der Waals surface area contributed by atoms with Gasteiger partial charge in [0.25, 0.3) is 5.91 Å². The molecule has 1 N–H and O–H groups in total. The fourth-order valence-corrected chi connectivity index (χ4v) is 5.04. The molecule has 0 spiro atoms. The highest BCUT2D eigenvalue weighted by Gasteiger charge is 2.20. The van der Waals surface area contributed by atoms with Crippen LogP contribution in [0.15, 0.2) is 48.0 Å². The lowest BCUT2D eigenvalue weighted by Crippen LogP contribution is -2.34. The van der Waals surface area contributed by atoms with Crippen LogP contribution in [0.4, 0.5) is 0 Å². The molecule has 0 radical (unpaired) electrons. The first kappa shape index (κ1) is 22.7. The Morgan fingerprint density at radius 1 is 1.21 bits per heavy atom. The highest BCUT2D eigenvalue weighted by atomic mass is 32.1. The molecule has 1 amide bonds. The highest BCUT2D eigenvalue weighted by molar-refractivity contribution is 7.09. The molecule has 2 aliphatic heterocycles. The molecule has 1 saturated heterocycles. The molecule has 2 aromatic carbocycles. The molecular formula is C26H29N3O4S. The number of piperidine rings is 1. The third kappa shape index (κ3) is 5.51. The van der Waals surface area contributed by atoms with Crippen LogP contribution in [-0.2, 0) is 17.9 Å². The van der Waals surface area contributed by atoms with Gasteiger partial charge in [-0.1, -0.05) is 19.1 Å². The number of hydrogen-bond acceptors (Lipinski definition) is 7. The molecule has 5 rings (SSSR count). The molecule has 0 aliphatic carbocycles. The number of hydrogen-bond donors (Lipinski definition) is 1. The number of aromatic nitrogens is 1. The number of carbonyl (C=O) groups excluding carboxylic acids is 1. The van der Waals surface area contributed by atoms with Crippen molar-refractivity contribution in [1.82, 2.24) is 15.2 Å². The Morgan fingerprint density at radius 2 is 2.06 bits per heavy atom. The second-order valence-electron chi connectivity index (χ2n) is 8.86. The maximum absolute atomic E-state index is 12.4. The van der Waals surface area contributed by atoms with Crippen LogP contribution in [0.1, 0.15) is 30.3 Å². The summed E-state index contributed by atoms with van der Waals surface area (Å²) in [6.45, 7) is 5.89. The lowest BCUT2D eigenvalue weighted by atomic mass is 9.98. The quantitative estimate of drug-likeness (QED) is 0.514. The van der Waals surface area contributed by atoms with Crippen molar-refractivity contribution in [1.29, 1.82) is 0 Å². The van der Waals surface area contributed by atoms with Crippen LogP contribution >= 0.6 is 11.3 Å². The van der Waals surface area contributed by atoms with Crippen molar-refractivity contribution >= 4 is 17.2 Å². The molecule has 7 nitrogen and oxygen atoms in total. The van der Waals surface area contributed by atoms with Gasteiger partial charge >= 0.3 is 0 Å². The summed E-state index contributed by atoms with van der Waals surface area (Å²) in [5.74, 6) is 2.81. The molecular weight excluding hydrogens is 450 g/mol. The Hall–Kier alpha value is -3.10. The fraction of sp³-hybridized carbons (Fsp3) is 0.385. The van der Waals surface area contributed by atoms with E-state index in [1.165, 1.54) is 24.2 Å². The summed E-state index contributed by atoms with van der Waals surface area (Å²) in [5.41, 5.74) is 3.22. The second kappa shape index (κ2) is 10.4. The Labute approximate surface area is 203 Å². The molecule has 3 aromatic rings. The van der Waals surface area contributed by atoms with E-state index in [4.69, 9.17) is 14.2 Å². The van der Waals surface area contributed by atoms with Gasteiger partial charge in [0, 0.05) is 30.2 Å². The molecule has 1 atom stereocenters. The Morgan fingerprint density at radius 3 is 2.91 bits per heavy atom. The monoisotopic (exact) mass is 479 g/mol. The van der Waals surface area contributed by atoms with Gasteiger partial charge in [-0.3, -0.25) is 9.69 Å². The standard InChI is InChI=1S/C26H29N3O4S/c1-18-3-2-9-29(14-18)15-21-11-19(20-5-7-23-24(12-20)33-17-32-23)4-6-22(21)31-16-25(30)28-13-26-27-8-10-34-26/h4-8,10-12,18H,2-3,9,13-17H2,1H3,(H,28,30)/t18-/m1/s1. The molecule has 34 heavy (non-hydrogen) atoms. The number of rotatable bonds is 8. The first-order chi connectivity index (χ1) is 16.6. The molecule has 0 bridgehead atoms. The highest BCUT2D eigenvalue weighted by Crippen LogP contribution is 2.37. The van der Waals surface area contributed by atoms with Gasteiger partial charge in [0.15, 0.2) is 18.1 Å². The largest absolute Gasteiger partial charge is 0.483 e. The molecule has 1 aromatic heterocycles. The average molecular weight is 480 g/mol. The summed E-state index contributed by atoms with van der Waals surface area (Å²) in [4.78, 5) is 19.0. The van der Waals surface area contributed by atoms with Crippen LogP contribution in [0.2, 0.25) is 0 Å². The first-order valence-electron chi connectivity index (χ1n) is 11.7. The fourth-order valence-electron chi connectivity index (χ4n) is 4.48. The lowest BCUT2D eigenvalue weighted by molar-refractivity contribution is -0.123. The predicted octanol–water partition coefficient (Wildman–Crippen LogP) is 4.47. The zero-order valence-electron chi connectivity index (χ0n) is 19.3. The minimum Gasteiger partial charge on any atom is -0.483 e. The summed E-state index contributed by atoms with van der Waals surface area (Å²) in [7, 11) is 0. The maximum Gasteiger partial charge on any atom is 0.258 e. The summed E-state index contributed by atoms with van der Waals surface area (Å²) in [5, 5.41) is 5.64. The van der Waals surface area contributed by atoms with Crippen molar-refractivity contribution in [2.75, 3.05) is 26.5 Å².